The summed E-state index contributed by atoms with van der Waals surface area (Å²) in [6, 6.07) is 7.03. The summed E-state index contributed by atoms with van der Waals surface area (Å²) in [5.41, 5.74) is -0.708. The van der Waals surface area contributed by atoms with Gasteiger partial charge in [0.2, 0.25) is 17.7 Å². The molecular weight excluding hydrogens is 678 g/mol. The van der Waals surface area contributed by atoms with Gasteiger partial charge in [-0.3, -0.25) is 19.2 Å². The van der Waals surface area contributed by atoms with Gasteiger partial charge in [-0.15, -0.1) is 0 Å². The number of likely N-dealkylation sites (N-methyl/N-ethyl adjacent to an activating group) is 1. The van der Waals surface area contributed by atoms with Gasteiger partial charge in [0, 0.05) is 31.0 Å². The van der Waals surface area contributed by atoms with E-state index in [0.29, 0.717) is 30.4 Å². The van der Waals surface area contributed by atoms with Crippen LogP contribution in [-0.2, 0) is 28.7 Å². The Morgan fingerprint density at radius 2 is 1.77 bits per heavy atom. The summed E-state index contributed by atoms with van der Waals surface area (Å²) >= 11 is 3.63. The number of nitrogens with zero attached hydrogens (tertiary/aromatic N) is 3. The van der Waals surface area contributed by atoms with Gasteiger partial charge in [0.05, 0.1) is 24.6 Å². The molecule has 0 radical (unpaired) electrons. The second kappa shape index (κ2) is 15.3. The minimum absolute atomic E-state index is 0.0952. The van der Waals surface area contributed by atoms with Crippen LogP contribution >= 0.6 is 15.9 Å². The number of cyclic esters (lactones) is 1. The highest BCUT2D eigenvalue weighted by atomic mass is 79.9. The number of carbonyl (C=O) groups is 4. The number of hydrogen-bond donors (Lipinski definition) is 1. The molecular formula is C37H50BrN3O7. The van der Waals surface area contributed by atoms with Crippen LogP contribution in [0.25, 0.3) is 0 Å². The predicted molar refractivity (Wildman–Crippen MR) is 185 cm³/mol. The first-order valence-corrected chi connectivity index (χ1v) is 18.3. The number of fused-ring (bicyclic) bond motifs is 2. The first kappa shape index (κ1) is 36.3. The summed E-state index contributed by atoms with van der Waals surface area (Å²) in [6.45, 7) is 8.33. The Balaban J connectivity index is 1.65. The van der Waals surface area contributed by atoms with Crippen LogP contribution in [0.4, 0.5) is 0 Å². The van der Waals surface area contributed by atoms with Crippen LogP contribution in [0.2, 0.25) is 0 Å². The van der Waals surface area contributed by atoms with E-state index in [1.165, 1.54) is 4.90 Å². The number of allylic oxidation sites excluding steroid dienone is 1. The van der Waals surface area contributed by atoms with Crippen LogP contribution in [0.5, 0.6) is 0 Å². The molecule has 0 aromatic heterocycles. The van der Waals surface area contributed by atoms with Crippen LogP contribution in [0.15, 0.2) is 53.0 Å². The van der Waals surface area contributed by atoms with E-state index in [-0.39, 0.29) is 30.8 Å². The molecule has 1 aromatic carbocycles. The van der Waals surface area contributed by atoms with Gasteiger partial charge in [-0.25, -0.2) is 0 Å². The zero-order valence-corrected chi connectivity index (χ0v) is 30.3. The molecule has 262 valence electrons. The average molecular weight is 729 g/mol. The van der Waals surface area contributed by atoms with Crippen LogP contribution in [0.1, 0.15) is 77.9 Å². The van der Waals surface area contributed by atoms with Gasteiger partial charge in [0.15, 0.2) is 0 Å². The Morgan fingerprint density at radius 3 is 2.44 bits per heavy atom. The number of benzene rings is 1. The number of halogens is 1. The molecule has 1 spiro atoms. The monoisotopic (exact) mass is 727 g/mol. The Kier molecular flexibility index (Phi) is 11.5. The third-order valence-electron chi connectivity index (χ3n) is 10.9. The summed E-state index contributed by atoms with van der Waals surface area (Å²) in [6.07, 6.45) is 8.09. The lowest BCUT2D eigenvalue weighted by Gasteiger charge is -2.40. The fourth-order valence-electron chi connectivity index (χ4n) is 7.82. The van der Waals surface area contributed by atoms with Gasteiger partial charge < -0.3 is 29.3 Å². The van der Waals surface area contributed by atoms with Crippen molar-refractivity contribution in [2.75, 3.05) is 26.7 Å². The van der Waals surface area contributed by atoms with E-state index >= 15 is 0 Å². The highest BCUT2D eigenvalue weighted by Gasteiger charge is 2.75. The minimum Gasteiger partial charge on any atom is -0.455 e. The van der Waals surface area contributed by atoms with E-state index < -0.39 is 59.6 Å². The SMILES string of the molecule is CCCCCN1C/C=C\CCC(=O)N(C)[C@@H](C)[C@H](c2ccccc2)OC(=O)[C@H]2[C@@H]3O[C@@]4(C=C3Br)[C@@H]2C(=O)N([C@@H](CO)[C@@H](C)CC)[C@@H]4C1=O. The largest absolute Gasteiger partial charge is 0.455 e. The third kappa shape index (κ3) is 6.50. The predicted octanol–water partition coefficient (Wildman–Crippen LogP) is 4.77. The number of likely N-dealkylation sites (tertiary alicyclic amines) is 1. The summed E-state index contributed by atoms with van der Waals surface area (Å²) in [5, 5.41) is 10.7. The Bertz CT molecular complexity index is 1420. The van der Waals surface area contributed by atoms with Crippen molar-refractivity contribution in [1.29, 1.82) is 0 Å². The van der Waals surface area contributed by atoms with E-state index in [4.69, 9.17) is 9.47 Å². The first-order chi connectivity index (χ1) is 23.0. The zero-order valence-electron chi connectivity index (χ0n) is 28.7. The molecule has 4 aliphatic heterocycles. The van der Waals surface area contributed by atoms with E-state index in [9.17, 15) is 24.3 Å². The van der Waals surface area contributed by atoms with Crippen molar-refractivity contribution < 1.29 is 33.8 Å². The van der Waals surface area contributed by atoms with Crippen molar-refractivity contribution >= 4 is 39.6 Å². The van der Waals surface area contributed by atoms with Crippen molar-refractivity contribution in [1.82, 2.24) is 14.7 Å². The Labute approximate surface area is 292 Å². The molecule has 2 saturated heterocycles. The molecule has 10 nitrogen and oxygen atoms in total. The molecule has 1 aromatic rings. The highest BCUT2D eigenvalue weighted by Crippen LogP contribution is 2.59. The summed E-state index contributed by atoms with van der Waals surface area (Å²) in [7, 11) is 1.71. The molecule has 4 aliphatic rings. The van der Waals surface area contributed by atoms with Gasteiger partial charge in [-0.2, -0.15) is 0 Å². The number of aliphatic hydroxyl groups is 1. The molecule has 3 amide bonds. The Hall–Kier alpha value is -3.02. The van der Waals surface area contributed by atoms with E-state index in [1.807, 2.05) is 63.3 Å². The van der Waals surface area contributed by atoms with Crippen LogP contribution in [-0.4, -0.2) is 100 Å². The van der Waals surface area contributed by atoms with Gasteiger partial charge in [0.1, 0.15) is 29.8 Å². The number of ether oxygens (including phenoxy) is 2. The maximum atomic E-state index is 14.9. The number of carbonyl (C=O) groups excluding carboxylic acids is 4. The fraction of sp³-hybridized carbons (Fsp3) is 0.622. The average Bonchev–Trinajstić information content (AvgIpc) is 3.68. The van der Waals surface area contributed by atoms with Gasteiger partial charge in [0.25, 0.3) is 0 Å². The van der Waals surface area contributed by atoms with Crippen molar-refractivity contribution in [3.05, 3.63) is 58.6 Å². The highest BCUT2D eigenvalue weighted by molar-refractivity contribution is 9.11. The Morgan fingerprint density at radius 1 is 1.04 bits per heavy atom. The number of rotatable bonds is 9. The topological polar surface area (TPSA) is 117 Å². The third-order valence-corrected chi connectivity index (χ3v) is 11.6. The number of hydrogen-bond acceptors (Lipinski definition) is 7. The zero-order chi connectivity index (χ0) is 34.7. The lowest BCUT2D eigenvalue weighted by atomic mass is 9.74. The molecule has 9 atom stereocenters. The summed E-state index contributed by atoms with van der Waals surface area (Å²) in [4.78, 5) is 62.4. The molecule has 4 heterocycles. The minimum atomic E-state index is -1.43. The van der Waals surface area contributed by atoms with E-state index in [2.05, 4.69) is 22.9 Å². The lowest BCUT2D eigenvalue weighted by Crippen LogP contribution is -2.59. The molecule has 0 aliphatic carbocycles. The maximum Gasteiger partial charge on any atom is 0.313 e. The van der Waals surface area contributed by atoms with E-state index in [1.54, 1.807) is 22.9 Å². The molecule has 2 fully saturated rings. The standard InChI is InChI=1S/C37H50BrN3O7/c1-6-8-14-19-40-20-15-10-13-18-28(43)39(5)24(4)31(25-16-11-9-12-17-25)47-36(46)29-30-34(44)41(27(22-42)23(3)7-2)33(35(40)45)37(30)21-26(38)32(29)48-37/h9-12,15-17,21,23-24,27,29-33,42H,6-8,13-14,18-20,22H2,1-5H3/b15-10-/t23-,24-,27-,29+,30-,31+,32+,33+,37-/m0/s1. The number of esters is 1. The smallest absolute Gasteiger partial charge is 0.313 e. The molecule has 11 heteroatoms. The maximum absolute atomic E-state index is 14.9. The van der Waals surface area contributed by atoms with Gasteiger partial charge in [-0.1, -0.05) is 98.4 Å². The van der Waals surface area contributed by atoms with Gasteiger partial charge in [-0.05, 0) is 37.3 Å². The summed E-state index contributed by atoms with van der Waals surface area (Å²) < 4.78 is 13.6. The van der Waals surface area contributed by atoms with E-state index in [0.717, 1.165) is 24.8 Å². The number of aliphatic hydroxyl groups excluding tert-OH is 1. The van der Waals surface area contributed by atoms with Crippen LogP contribution < -0.4 is 0 Å². The first-order valence-electron chi connectivity index (χ1n) is 17.5. The summed E-state index contributed by atoms with van der Waals surface area (Å²) in [5.74, 6) is -3.60. The number of amides is 3. The molecule has 1 N–H and O–H groups in total. The normalized spacial score (nSPS) is 33.1. The van der Waals surface area contributed by atoms with Crippen LogP contribution in [0, 0.1) is 17.8 Å². The molecule has 5 rings (SSSR count). The van der Waals surface area contributed by atoms with Crippen molar-refractivity contribution in [2.24, 2.45) is 17.8 Å². The molecule has 5 bridgehead atoms. The van der Waals surface area contributed by atoms with Crippen molar-refractivity contribution in [3.63, 3.8) is 0 Å². The molecule has 0 unspecified atom stereocenters. The fourth-order valence-corrected chi connectivity index (χ4v) is 8.55. The number of unbranched alkanes of at least 4 members (excludes halogenated alkanes) is 2. The van der Waals surface area contributed by atoms with Crippen LogP contribution in [0.3, 0.4) is 0 Å². The second-order valence-electron chi connectivity index (χ2n) is 13.7. The van der Waals surface area contributed by atoms with Crippen molar-refractivity contribution in [3.8, 4) is 0 Å². The van der Waals surface area contributed by atoms with Gasteiger partial charge >= 0.3 is 5.97 Å². The lowest BCUT2D eigenvalue weighted by molar-refractivity contribution is -0.164. The molecule has 0 saturated carbocycles. The quantitative estimate of drug-likeness (QED) is 0.222. The molecule has 48 heavy (non-hydrogen) atoms. The van der Waals surface area contributed by atoms with Crippen molar-refractivity contribution in [2.45, 2.75) is 102 Å². The second-order valence-corrected chi connectivity index (χ2v) is 14.6.